The number of benzene rings is 1. The van der Waals surface area contributed by atoms with E-state index in [1.54, 1.807) is 6.26 Å². The molecule has 0 saturated carbocycles. The van der Waals surface area contributed by atoms with E-state index in [1.165, 1.54) is 0 Å². The van der Waals surface area contributed by atoms with E-state index in [1.807, 2.05) is 37.3 Å². The fourth-order valence-corrected chi connectivity index (χ4v) is 1.69. The molecular formula is C12H14O2. The molecule has 1 aliphatic heterocycles. The van der Waals surface area contributed by atoms with Gasteiger partial charge in [0.2, 0.25) is 0 Å². The van der Waals surface area contributed by atoms with Crippen molar-refractivity contribution in [3.8, 4) is 0 Å². The molecule has 1 aliphatic rings. The molecule has 1 aromatic carbocycles. The lowest BCUT2D eigenvalue weighted by Crippen LogP contribution is -2.23. The monoisotopic (exact) mass is 190 g/mol. The number of aliphatic hydroxyl groups is 1. The Bertz CT molecular complexity index is 339. The molecule has 0 aliphatic carbocycles. The molecule has 1 atom stereocenters. The van der Waals surface area contributed by atoms with Crippen molar-refractivity contribution in [2.24, 2.45) is 0 Å². The smallest absolute Gasteiger partial charge is 0.111 e. The van der Waals surface area contributed by atoms with Crippen LogP contribution in [-0.4, -0.2) is 11.7 Å². The number of rotatable bonds is 2. The highest BCUT2D eigenvalue weighted by molar-refractivity contribution is 5.31. The second kappa shape index (κ2) is 3.46. The summed E-state index contributed by atoms with van der Waals surface area (Å²) < 4.78 is 5.14. The number of ether oxygens (including phenoxy) is 1. The van der Waals surface area contributed by atoms with Crippen molar-refractivity contribution in [3.63, 3.8) is 0 Å². The summed E-state index contributed by atoms with van der Waals surface area (Å²) in [6, 6.07) is 9.66. The van der Waals surface area contributed by atoms with Gasteiger partial charge in [-0.1, -0.05) is 30.3 Å². The van der Waals surface area contributed by atoms with Gasteiger partial charge in [0.05, 0.1) is 12.9 Å². The predicted molar refractivity (Wildman–Crippen MR) is 54.7 cm³/mol. The van der Waals surface area contributed by atoms with E-state index < -0.39 is 5.60 Å². The van der Waals surface area contributed by atoms with Crippen LogP contribution in [0.3, 0.4) is 0 Å². The van der Waals surface area contributed by atoms with Gasteiger partial charge in [-0.05, 0) is 12.5 Å². The summed E-state index contributed by atoms with van der Waals surface area (Å²) in [4.78, 5) is 0. The van der Waals surface area contributed by atoms with Crippen LogP contribution in [0.1, 0.15) is 18.9 Å². The van der Waals surface area contributed by atoms with Crippen molar-refractivity contribution in [1.82, 2.24) is 0 Å². The van der Waals surface area contributed by atoms with Crippen LogP contribution in [0.25, 0.3) is 0 Å². The van der Waals surface area contributed by atoms with Gasteiger partial charge >= 0.3 is 0 Å². The standard InChI is InChI=1S/C12H14O2/c1-12(13,11-7-8-14-9-11)10-5-3-2-4-6-10/h2-6,9,13H,7-8H2,1H3. The molecule has 0 aromatic heterocycles. The topological polar surface area (TPSA) is 29.5 Å². The molecule has 0 amide bonds. The van der Waals surface area contributed by atoms with E-state index in [9.17, 15) is 5.11 Å². The lowest BCUT2D eigenvalue weighted by atomic mass is 9.87. The van der Waals surface area contributed by atoms with E-state index in [2.05, 4.69) is 0 Å². The first kappa shape index (κ1) is 9.28. The SMILES string of the molecule is CC(O)(C1=COCC1)c1ccccc1. The molecule has 1 heterocycles. The highest BCUT2D eigenvalue weighted by Crippen LogP contribution is 2.33. The second-order valence-corrected chi connectivity index (χ2v) is 3.70. The molecule has 0 spiro atoms. The first-order valence-electron chi connectivity index (χ1n) is 4.80. The van der Waals surface area contributed by atoms with Crippen LogP contribution in [0.15, 0.2) is 42.2 Å². The van der Waals surface area contributed by atoms with E-state index in [0.29, 0.717) is 6.61 Å². The molecule has 0 radical (unpaired) electrons. The Morgan fingerprint density at radius 3 is 2.57 bits per heavy atom. The summed E-state index contributed by atoms with van der Waals surface area (Å²) in [5, 5.41) is 10.3. The minimum atomic E-state index is -0.891. The molecule has 1 unspecified atom stereocenters. The maximum Gasteiger partial charge on any atom is 0.111 e. The first-order valence-corrected chi connectivity index (χ1v) is 4.80. The van der Waals surface area contributed by atoms with Crippen molar-refractivity contribution in [2.75, 3.05) is 6.61 Å². The third-order valence-corrected chi connectivity index (χ3v) is 2.68. The van der Waals surface area contributed by atoms with Crippen molar-refractivity contribution in [3.05, 3.63) is 47.7 Å². The molecule has 2 rings (SSSR count). The summed E-state index contributed by atoms with van der Waals surface area (Å²) in [6.07, 6.45) is 2.48. The Balaban J connectivity index is 2.32. The number of hydrogen-bond donors (Lipinski definition) is 1. The van der Waals surface area contributed by atoms with Crippen LogP contribution in [0.2, 0.25) is 0 Å². The Labute approximate surface area is 83.8 Å². The molecule has 2 nitrogen and oxygen atoms in total. The molecule has 1 N–H and O–H groups in total. The van der Waals surface area contributed by atoms with Crippen LogP contribution >= 0.6 is 0 Å². The zero-order valence-electron chi connectivity index (χ0n) is 8.23. The molecule has 0 fully saturated rings. The molecule has 1 aromatic rings. The molecular weight excluding hydrogens is 176 g/mol. The van der Waals surface area contributed by atoms with Gasteiger partial charge in [-0.15, -0.1) is 0 Å². The van der Waals surface area contributed by atoms with Gasteiger partial charge in [-0.25, -0.2) is 0 Å². The highest BCUT2D eigenvalue weighted by atomic mass is 16.5. The highest BCUT2D eigenvalue weighted by Gasteiger charge is 2.29. The predicted octanol–water partition coefficient (Wildman–Crippen LogP) is 2.20. The first-order chi connectivity index (χ1) is 6.71. The van der Waals surface area contributed by atoms with Crippen LogP contribution in [0.5, 0.6) is 0 Å². The molecule has 14 heavy (non-hydrogen) atoms. The summed E-state index contributed by atoms with van der Waals surface area (Å²) in [6.45, 7) is 2.49. The van der Waals surface area contributed by atoms with Crippen LogP contribution in [0, 0.1) is 0 Å². The average molecular weight is 190 g/mol. The maximum absolute atomic E-state index is 10.3. The lowest BCUT2D eigenvalue weighted by Gasteiger charge is -2.24. The summed E-state index contributed by atoms with van der Waals surface area (Å²) in [5.41, 5.74) is 0.970. The Morgan fingerprint density at radius 1 is 1.29 bits per heavy atom. The van der Waals surface area contributed by atoms with Gasteiger partial charge in [-0.2, -0.15) is 0 Å². The zero-order valence-corrected chi connectivity index (χ0v) is 8.23. The zero-order chi connectivity index (χ0) is 10.0. The Hall–Kier alpha value is -1.28. The summed E-state index contributed by atoms with van der Waals surface area (Å²) in [5.74, 6) is 0. The van der Waals surface area contributed by atoms with Crippen LogP contribution in [-0.2, 0) is 10.3 Å². The lowest BCUT2D eigenvalue weighted by molar-refractivity contribution is 0.0951. The van der Waals surface area contributed by atoms with Crippen molar-refractivity contribution >= 4 is 0 Å². The van der Waals surface area contributed by atoms with E-state index in [-0.39, 0.29) is 0 Å². The van der Waals surface area contributed by atoms with Gasteiger partial charge in [0.25, 0.3) is 0 Å². The molecule has 74 valence electrons. The minimum Gasteiger partial charge on any atom is -0.501 e. The van der Waals surface area contributed by atoms with E-state index >= 15 is 0 Å². The van der Waals surface area contributed by atoms with Crippen LogP contribution < -0.4 is 0 Å². The fraction of sp³-hybridized carbons (Fsp3) is 0.333. The van der Waals surface area contributed by atoms with Gasteiger partial charge in [0.15, 0.2) is 0 Å². The van der Waals surface area contributed by atoms with Gasteiger partial charge < -0.3 is 9.84 Å². The summed E-state index contributed by atoms with van der Waals surface area (Å²) in [7, 11) is 0. The summed E-state index contributed by atoms with van der Waals surface area (Å²) >= 11 is 0. The molecule has 2 heteroatoms. The average Bonchev–Trinajstić information content (AvgIpc) is 2.72. The third kappa shape index (κ3) is 1.53. The normalized spacial score (nSPS) is 19.7. The van der Waals surface area contributed by atoms with Crippen LogP contribution in [0.4, 0.5) is 0 Å². The molecule has 0 bridgehead atoms. The van der Waals surface area contributed by atoms with Gasteiger partial charge in [0, 0.05) is 12.0 Å². The fourth-order valence-electron chi connectivity index (χ4n) is 1.69. The minimum absolute atomic E-state index is 0.679. The van der Waals surface area contributed by atoms with E-state index in [0.717, 1.165) is 17.6 Å². The number of hydrogen-bond acceptors (Lipinski definition) is 2. The van der Waals surface area contributed by atoms with Crippen molar-refractivity contribution in [2.45, 2.75) is 18.9 Å². The third-order valence-electron chi connectivity index (χ3n) is 2.68. The second-order valence-electron chi connectivity index (χ2n) is 3.70. The quantitative estimate of drug-likeness (QED) is 0.774. The Morgan fingerprint density at radius 2 is 2.00 bits per heavy atom. The molecule has 0 saturated heterocycles. The van der Waals surface area contributed by atoms with Crippen molar-refractivity contribution in [1.29, 1.82) is 0 Å². The maximum atomic E-state index is 10.3. The van der Waals surface area contributed by atoms with E-state index in [4.69, 9.17) is 4.74 Å². The largest absolute Gasteiger partial charge is 0.501 e. The Kier molecular flexibility index (Phi) is 2.30. The van der Waals surface area contributed by atoms with Crippen molar-refractivity contribution < 1.29 is 9.84 Å². The van der Waals surface area contributed by atoms with Gasteiger partial charge in [-0.3, -0.25) is 0 Å². The van der Waals surface area contributed by atoms with Gasteiger partial charge in [0.1, 0.15) is 5.60 Å².